The van der Waals surface area contributed by atoms with Crippen LogP contribution in [0.2, 0.25) is 0 Å². The average molecular weight is 373 g/mol. The molecule has 2 aromatic carbocycles. The molecule has 0 atom stereocenters. The fraction of sp³-hybridized carbons (Fsp3) is 0.150. The summed E-state index contributed by atoms with van der Waals surface area (Å²) < 4.78 is 51.2. The number of ether oxygens (including phenoxy) is 1. The van der Waals surface area contributed by atoms with Gasteiger partial charge in [-0.3, -0.25) is 4.79 Å². The molecule has 0 aliphatic carbocycles. The highest BCUT2D eigenvalue weighted by Gasteiger charge is 2.30. The summed E-state index contributed by atoms with van der Waals surface area (Å²) in [6.07, 6.45) is 0.314. The van der Waals surface area contributed by atoms with Gasteiger partial charge in [0.1, 0.15) is 35.6 Å². The SMILES string of the molecule is O=C(c1ccc(COc2ccc(F)cc2)o1)N1CCc2c(F)cc(F)cc21. The van der Waals surface area contributed by atoms with Crippen molar-refractivity contribution < 1.29 is 27.1 Å². The molecule has 1 aromatic heterocycles. The normalized spacial score (nSPS) is 12.9. The van der Waals surface area contributed by atoms with Crippen molar-refractivity contribution in [3.8, 4) is 5.75 Å². The van der Waals surface area contributed by atoms with Crippen LogP contribution in [0.3, 0.4) is 0 Å². The van der Waals surface area contributed by atoms with E-state index in [4.69, 9.17) is 9.15 Å². The van der Waals surface area contributed by atoms with Gasteiger partial charge in [0.2, 0.25) is 0 Å². The van der Waals surface area contributed by atoms with E-state index in [1.165, 1.54) is 35.2 Å². The predicted octanol–water partition coefficient (Wildman–Crippen LogP) is 4.48. The molecule has 0 fully saturated rings. The molecule has 0 unspecified atom stereocenters. The number of amides is 1. The monoisotopic (exact) mass is 373 g/mol. The van der Waals surface area contributed by atoms with E-state index in [0.717, 1.165) is 12.1 Å². The minimum atomic E-state index is -0.737. The molecule has 3 aromatic rings. The van der Waals surface area contributed by atoms with E-state index in [-0.39, 0.29) is 30.4 Å². The van der Waals surface area contributed by atoms with Gasteiger partial charge in [-0.1, -0.05) is 0 Å². The van der Waals surface area contributed by atoms with Gasteiger partial charge < -0.3 is 14.1 Å². The smallest absolute Gasteiger partial charge is 0.293 e. The molecule has 4 rings (SSSR count). The molecule has 0 saturated carbocycles. The molecule has 2 heterocycles. The molecule has 27 heavy (non-hydrogen) atoms. The number of rotatable bonds is 4. The highest BCUT2D eigenvalue weighted by atomic mass is 19.1. The zero-order valence-corrected chi connectivity index (χ0v) is 14.0. The van der Waals surface area contributed by atoms with Gasteiger partial charge in [-0.25, -0.2) is 13.2 Å². The predicted molar refractivity (Wildman–Crippen MR) is 91.2 cm³/mol. The van der Waals surface area contributed by atoms with E-state index < -0.39 is 17.5 Å². The van der Waals surface area contributed by atoms with E-state index in [0.29, 0.717) is 23.5 Å². The fourth-order valence-electron chi connectivity index (χ4n) is 3.02. The number of fused-ring (bicyclic) bond motifs is 1. The Morgan fingerprint density at radius 2 is 1.81 bits per heavy atom. The fourth-order valence-corrected chi connectivity index (χ4v) is 3.02. The van der Waals surface area contributed by atoms with Crippen LogP contribution in [-0.2, 0) is 13.0 Å². The Balaban J connectivity index is 1.48. The number of benzene rings is 2. The Kier molecular flexibility index (Phi) is 4.35. The summed E-state index contributed by atoms with van der Waals surface area (Å²) in [6.45, 7) is 0.301. The number of carbonyl (C=O) groups excluding carboxylic acids is 1. The van der Waals surface area contributed by atoms with Crippen LogP contribution in [0, 0.1) is 17.5 Å². The van der Waals surface area contributed by atoms with Crippen molar-refractivity contribution >= 4 is 11.6 Å². The molecule has 0 bridgehead atoms. The van der Waals surface area contributed by atoms with E-state index >= 15 is 0 Å². The topological polar surface area (TPSA) is 42.7 Å². The van der Waals surface area contributed by atoms with Crippen molar-refractivity contribution in [2.45, 2.75) is 13.0 Å². The van der Waals surface area contributed by atoms with Crippen molar-refractivity contribution in [2.24, 2.45) is 0 Å². The lowest BCUT2D eigenvalue weighted by molar-refractivity contribution is 0.0958. The van der Waals surface area contributed by atoms with Gasteiger partial charge in [-0.05, 0) is 48.9 Å². The van der Waals surface area contributed by atoms with Crippen LogP contribution in [-0.4, -0.2) is 12.5 Å². The first-order chi connectivity index (χ1) is 13.0. The molecule has 0 radical (unpaired) electrons. The highest BCUT2D eigenvalue weighted by Crippen LogP contribution is 2.32. The highest BCUT2D eigenvalue weighted by molar-refractivity contribution is 6.05. The molecule has 0 N–H and O–H groups in total. The van der Waals surface area contributed by atoms with Crippen molar-refractivity contribution in [1.82, 2.24) is 0 Å². The first kappa shape index (κ1) is 17.2. The second-order valence-corrected chi connectivity index (χ2v) is 6.10. The van der Waals surface area contributed by atoms with E-state index in [2.05, 4.69) is 0 Å². The Labute approximate surface area is 152 Å². The zero-order valence-electron chi connectivity index (χ0n) is 14.0. The van der Waals surface area contributed by atoms with Gasteiger partial charge in [0.05, 0.1) is 5.69 Å². The Morgan fingerprint density at radius 3 is 2.59 bits per heavy atom. The second-order valence-electron chi connectivity index (χ2n) is 6.10. The first-order valence-corrected chi connectivity index (χ1v) is 8.28. The average Bonchev–Trinajstić information content (AvgIpc) is 3.28. The standard InChI is InChI=1S/C20H14F3NO3/c21-12-1-3-14(4-2-12)26-11-15-5-6-19(27-15)20(25)24-8-7-16-17(23)9-13(22)10-18(16)24/h1-6,9-10H,7-8,11H2. The van der Waals surface area contributed by atoms with Crippen LogP contribution < -0.4 is 9.64 Å². The van der Waals surface area contributed by atoms with Crippen LogP contribution in [0.1, 0.15) is 21.9 Å². The van der Waals surface area contributed by atoms with Gasteiger partial charge in [0.25, 0.3) is 5.91 Å². The molecule has 7 heteroatoms. The minimum Gasteiger partial charge on any atom is -0.486 e. The minimum absolute atomic E-state index is 0.0465. The maximum atomic E-state index is 13.8. The first-order valence-electron chi connectivity index (χ1n) is 8.28. The maximum Gasteiger partial charge on any atom is 0.293 e. The summed E-state index contributed by atoms with van der Waals surface area (Å²) in [4.78, 5) is 14.0. The molecule has 1 aliphatic heterocycles. The third-order valence-corrected chi connectivity index (χ3v) is 4.33. The van der Waals surface area contributed by atoms with Crippen LogP contribution in [0.25, 0.3) is 0 Å². The summed E-state index contributed by atoms with van der Waals surface area (Å²) >= 11 is 0. The Bertz CT molecular complexity index is 998. The molecule has 1 aliphatic rings. The number of hydrogen-bond donors (Lipinski definition) is 0. The maximum absolute atomic E-state index is 13.8. The largest absolute Gasteiger partial charge is 0.486 e. The van der Waals surface area contributed by atoms with Crippen LogP contribution >= 0.6 is 0 Å². The Morgan fingerprint density at radius 1 is 1.04 bits per heavy atom. The third kappa shape index (κ3) is 3.40. The molecular weight excluding hydrogens is 359 g/mol. The van der Waals surface area contributed by atoms with Crippen LogP contribution in [0.15, 0.2) is 52.9 Å². The molecule has 0 spiro atoms. The number of furan rings is 1. The number of nitrogens with zero attached hydrogens (tertiary/aromatic N) is 1. The molecule has 138 valence electrons. The summed E-state index contributed by atoms with van der Waals surface area (Å²) in [6, 6.07) is 10.5. The quantitative estimate of drug-likeness (QED) is 0.677. The van der Waals surface area contributed by atoms with Crippen LogP contribution in [0.5, 0.6) is 5.75 Å². The summed E-state index contributed by atoms with van der Waals surface area (Å²) in [5.41, 5.74) is 0.536. The van der Waals surface area contributed by atoms with E-state index in [1.807, 2.05) is 0 Å². The van der Waals surface area contributed by atoms with Gasteiger partial charge in [-0.15, -0.1) is 0 Å². The lowest BCUT2D eigenvalue weighted by Crippen LogP contribution is -2.28. The molecule has 1 amide bonds. The lowest BCUT2D eigenvalue weighted by atomic mass is 10.1. The second kappa shape index (κ2) is 6.83. The van der Waals surface area contributed by atoms with E-state index in [1.54, 1.807) is 6.07 Å². The van der Waals surface area contributed by atoms with Crippen molar-refractivity contribution in [1.29, 1.82) is 0 Å². The van der Waals surface area contributed by atoms with Crippen molar-refractivity contribution in [3.05, 3.63) is 83.1 Å². The number of halogens is 3. The van der Waals surface area contributed by atoms with Gasteiger partial charge in [-0.2, -0.15) is 0 Å². The van der Waals surface area contributed by atoms with Crippen LogP contribution in [0.4, 0.5) is 18.9 Å². The van der Waals surface area contributed by atoms with Crippen molar-refractivity contribution in [2.75, 3.05) is 11.4 Å². The van der Waals surface area contributed by atoms with Gasteiger partial charge in [0.15, 0.2) is 5.76 Å². The summed E-state index contributed by atoms with van der Waals surface area (Å²) in [5, 5.41) is 0. The van der Waals surface area contributed by atoms with E-state index in [9.17, 15) is 18.0 Å². The summed E-state index contributed by atoms with van der Waals surface area (Å²) in [5.74, 6) is -1.34. The number of carbonyl (C=O) groups is 1. The summed E-state index contributed by atoms with van der Waals surface area (Å²) in [7, 11) is 0. The zero-order chi connectivity index (χ0) is 19.0. The number of anilines is 1. The van der Waals surface area contributed by atoms with Gasteiger partial charge in [0, 0.05) is 18.2 Å². The third-order valence-electron chi connectivity index (χ3n) is 4.33. The molecule has 4 nitrogen and oxygen atoms in total. The van der Waals surface area contributed by atoms with Gasteiger partial charge >= 0.3 is 0 Å². The lowest BCUT2D eigenvalue weighted by Gasteiger charge is -2.16. The Hall–Kier alpha value is -3.22. The number of hydrogen-bond acceptors (Lipinski definition) is 3. The molecule has 0 saturated heterocycles. The molecular formula is C20H14F3NO3. The van der Waals surface area contributed by atoms with Crippen molar-refractivity contribution in [3.63, 3.8) is 0 Å².